The molecular weight excluding hydrogens is 707 g/mol. The van der Waals surface area contributed by atoms with Crippen LogP contribution in [-0.4, -0.2) is 12.6 Å². The third-order valence-corrected chi connectivity index (χ3v) is 17.1. The molecule has 12 aromatic rings. The van der Waals surface area contributed by atoms with Gasteiger partial charge in [-0.3, -0.25) is 0 Å². The van der Waals surface area contributed by atoms with Crippen LogP contribution >= 0.6 is 0 Å². The van der Waals surface area contributed by atoms with Gasteiger partial charge < -0.3 is 8.98 Å². The van der Waals surface area contributed by atoms with E-state index in [0.717, 1.165) is 44.0 Å². The zero-order valence-corrected chi connectivity index (χ0v) is 32.1. The van der Waals surface area contributed by atoms with Gasteiger partial charge in [-0.15, -0.1) is 0 Å². The molecule has 0 aliphatic heterocycles. The molecule has 0 bridgehead atoms. The Hall–Kier alpha value is -7.20. The average molecular weight is 742 g/mol. The highest BCUT2D eigenvalue weighted by atomic mass is 28.3. The van der Waals surface area contributed by atoms with Gasteiger partial charge in [0, 0.05) is 21.8 Å². The summed E-state index contributed by atoms with van der Waals surface area (Å²) < 4.78 is 9.10. The number of aromatic nitrogens is 1. The Bertz CT molecular complexity index is 3450. The molecule has 10 aromatic carbocycles. The summed E-state index contributed by atoms with van der Waals surface area (Å²) in [4.78, 5) is 0. The highest BCUT2D eigenvalue weighted by molar-refractivity contribution is 7.20. The van der Waals surface area contributed by atoms with Gasteiger partial charge >= 0.3 is 0 Å². The van der Waals surface area contributed by atoms with Crippen molar-refractivity contribution in [3.63, 3.8) is 0 Å². The second-order valence-electron chi connectivity index (χ2n) is 15.2. The van der Waals surface area contributed by atoms with E-state index in [2.05, 4.69) is 211 Å². The van der Waals surface area contributed by atoms with E-state index in [1.54, 1.807) is 0 Å². The van der Waals surface area contributed by atoms with Crippen LogP contribution in [0.3, 0.4) is 0 Å². The van der Waals surface area contributed by atoms with Gasteiger partial charge in [0.05, 0.1) is 16.4 Å². The molecule has 12 rings (SSSR count). The van der Waals surface area contributed by atoms with E-state index in [0.29, 0.717) is 0 Å². The van der Waals surface area contributed by atoms with Crippen molar-refractivity contribution in [1.29, 1.82) is 0 Å². The van der Waals surface area contributed by atoms with Crippen LogP contribution in [0.2, 0.25) is 0 Å². The van der Waals surface area contributed by atoms with Crippen LogP contribution < -0.4 is 20.7 Å². The molecule has 0 amide bonds. The monoisotopic (exact) mass is 741 g/mol. The minimum atomic E-state index is -2.95. The number of benzene rings is 10. The van der Waals surface area contributed by atoms with E-state index in [9.17, 15) is 0 Å². The smallest absolute Gasteiger partial charge is 0.179 e. The number of furan rings is 1. The SMILES string of the molecule is c1ccc([Si](c2ccccc2)(c2cccc(-n3c4ccccc4c4c5oc6ccccc6c5ccc43)c2)c2ccc3c4ccccc4c4ccccc4c3c2)cc1. The van der Waals surface area contributed by atoms with E-state index in [1.165, 1.54) is 58.5 Å². The molecule has 0 aliphatic rings. The Kier molecular flexibility index (Phi) is 6.98. The minimum Gasteiger partial charge on any atom is -0.455 e. The zero-order valence-electron chi connectivity index (χ0n) is 31.1. The zero-order chi connectivity index (χ0) is 37.5. The number of fused-ring (bicyclic) bond motifs is 13. The van der Waals surface area contributed by atoms with Crippen LogP contribution in [0.5, 0.6) is 0 Å². The number of hydrogen-bond acceptors (Lipinski definition) is 1. The van der Waals surface area contributed by atoms with E-state index >= 15 is 0 Å². The van der Waals surface area contributed by atoms with Gasteiger partial charge in [0.2, 0.25) is 0 Å². The molecule has 0 saturated carbocycles. The van der Waals surface area contributed by atoms with E-state index in [1.807, 2.05) is 6.07 Å². The third kappa shape index (κ3) is 4.58. The van der Waals surface area contributed by atoms with Crippen LogP contribution in [-0.2, 0) is 0 Å². The summed E-state index contributed by atoms with van der Waals surface area (Å²) in [5, 5.41) is 17.7. The number of rotatable bonds is 5. The molecule has 0 spiro atoms. The predicted octanol–water partition coefficient (Wildman–Crippen LogP) is 11.5. The second-order valence-corrected chi connectivity index (χ2v) is 19.0. The van der Waals surface area contributed by atoms with Crippen LogP contribution in [0.1, 0.15) is 0 Å². The number of nitrogens with zero attached hydrogens (tertiary/aromatic N) is 1. The lowest BCUT2D eigenvalue weighted by atomic mass is 9.94. The maximum atomic E-state index is 6.66. The van der Waals surface area contributed by atoms with E-state index in [-0.39, 0.29) is 0 Å². The lowest BCUT2D eigenvalue weighted by molar-refractivity contribution is 0.673. The molecule has 0 radical (unpaired) electrons. The van der Waals surface area contributed by atoms with Gasteiger partial charge in [-0.25, -0.2) is 0 Å². The molecule has 57 heavy (non-hydrogen) atoms. The normalized spacial score (nSPS) is 12.2. The van der Waals surface area contributed by atoms with Gasteiger partial charge in [-0.05, 0) is 89.5 Å². The summed E-state index contributed by atoms with van der Waals surface area (Å²) in [6, 6.07) is 78.7. The van der Waals surface area contributed by atoms with E-state index < -0.39 is 8.07 Å². The standard InChI is InChI=1S/C54H35NOSi/c1-3-17-37(18-4-1)57(38-19-5-2-6-20-38,40-30-31-45-43-24-8-7-22-41(43)42-23-9-10-25-44(42)49(45)35-40)39-21-15-16-36(34-39)55-50-28-13-11-27-48(50)53-51(55)33-32-47-46-26-12-14-29-52(46)56-54(47)53/h1-35H. The van der Waals surface area contributed by atoms with Crippen molar-refractivity contribution in [2.24, 2.45) is 0 Å². The fourth-order valence-electron chi connectivity index (χ4n) is 9.91. The van der Waals surface area contributed by atoms with Gasteiger partial charge in [-0.1, -0.05) is 176 Å². The third-order valence-electron chi connectivity index (χ3n) is 12.3. The average Bonchev–Trinajstić information content (AvgIpc) is 3.84. The van der Waals surface area contributed by atoms with Crippen LogP contribution in [0.15, 0.2) is 217 Å². The summed E-state index contributed by atoms with van der Waals surface area (Å²) in [6.45, 7) is 0. The first kappa shape index (κ1) is 32.1. The first-order chi connectivity index (χ1) is 28.3. The molecule has 0 unspecified atom stereocenters. The molecule has 2 nitrogen and oxygen atoms in total. The summed E-state index contributed by atoms with van der Waals surface area (Å²) in [6.07, 6.45) is 0. The molecule has 266 valence electrons. The molecule has 0 atom stereocenters. The topological polar surface area (TPSA) is 18.1 Å². The van der Waals surface area contributed by atoms with Crippen molar-refractivity contribution in [3.8, 4) is 5.69 Å². The molecular formula is C54H35NOSi. The highest BCUT2D eigenvalue weighted by Gasteiger charge is 2.42. The number of hydrogen-bond donors (Lipinski definition) is 0. The second kappa shape index (κ2) is 12.4. The summed E-state index contributed by atoms with van der Waals surface area (Å²) >= 11 is 0. The van der Waals surface area contributed by atoms with Gasteiger partial charge in [0.1, 0.15) is 11.2 Å². The van der Waals surface area contributed by atoms with Crippen LogP contribution in [0.4, 0.5) is 0 Å². The largest absolute Gasteiger partial charge is 0.455 e. The maximum Gasteiger partial charge on any atom is 0.179 e. The molecule has 2 heterocycles. The summed E-state index contributed by atoms with van der Waals surface area (Å²) in [5.74, 6) is 0. The fourth-order valence-corrected chi connectivity index (χ4v) is 14.7. The van der Waals surface area contributed by atoms with Gasteiger partial charge in [0.25, 0.3) is 0 Å². The van der Waals surface area contributed by atoms with Crippen LogP contribution in [0, 0.1) is 0 Å². The molecule has 0 N–H and O–H groups in total. The van der Waals surface area contributed by atoms with Crippen molar-refractivity contribution in [3.05, 3.63) is 212 Å². The Morgan fingerprint density at radius 1 is 0.316 bits per heavy atom. The maximum absolute atomic E-state index is 6.66. The highest BCUT2D eigenvalue weighted by Crippen LogP contribution is 2.40. The Balaban J connectivity index is 1.18. The van der Waals surface area contributed by atoms with Crippen molar-refractivity contribution >= 4 is 105 Å². The van der Waals surface area contributed by atoms with Gasteiger partial charge in [-0.2, -0.15) is 0 Å². The lowest BCUT2D eigenvalue weighted by Gasteiger charge is -2.35. The molecule has 0 fully saturated rings. The quantitative estimate of drug-likeness (QED) is 0.0976. The molecule has 0 aliphatic carbocycles. The Labute approximate surface area is 330 Å². The predicted molar refractivity (Wildman–Crippen MR) is 244 cm³/mol. The fraction of sp³-hybridized carbons (Fsp3) is 0. The molecule has 3 heteroatoms. The summed E-state index contributed by atoms with van der Waals surface area (Å²) in [7, 11) is -2.95. The van der Waals surface area contributed by atoms with Gasteiger partial charge in [0.15, 0.2) is 8.07 Å². The first-order valence-corrected chi connectivity index (χ1v) is 21.7. The van der Waals surface area contributed by atoms with Crippen molar-refractivity contribution in [2.75, 3.05) is 0 Å². The molecule has 2 aromatic heterocycles. The van der Waals surface area contributed by atoms with Crippen molar-refractivity contribution < 1.29 is 4.42 Å². The Morgan fingerprint density at radius 2 is 0.825 bits per heavy atom. The lowest BCUT2D eigenvalue weighted by Crippen LogP contribution is -2.74. The van der Waals surface area contributed by atoms with Crippen molar-refractivity contribution in [2.45, 2.75) is 0 Å². The molecule has 0 saturated heterocycles. The van der Waals surface area contributed by atoms with Crippen molar-refractivity contribution in [1.82, 2.24) is 4.57 Å². The first-order valence-electron chi connectivity index (χ1n) is 19.7. The number of para-hydroxylation sites is 2. The van der Waals surface area contributed by atoms with E-state index in [4.69, 9.17) is 4.42 Å². The van der Waals surface area contributed by atoms with Crippen LogP contribution in [0.25, 0.3) is 81.7 Å². The minimum absolute atomic E-state index is 0.913. The Morgan fingerprint density at radius 3 is 1.51 bits per heavy atom. The summed E-state index contributed by atoms with van der Waals surface area (Å²) in [5.41, 5.74) is 5.28.